The number of benzene rings is 1. The van der Waals surface area contributed by atoms with E-state index in [1.807, 2.05) is 7.05 Å². The maximum Gasteiger partial charge on any atom is 0.193 e. The molecule has 0 bridgehead atoms. The van der Waals surface area contributed by atoms with Gasteiger partial charge in [-0.25, -0.2) is 0 Å². The minimum absolute atomic E-state index is 0.658. The lowest BCUT2D eigenvalue weighted by molar-refractivity contribution is 0.371. The summed E-state index contributed by atoms with van der Waals surface area (Å²) in [6.07, 6.45) is 3.95. The molecule has 1 aromatic carbocycles. The molecule has 0 aromatic heterocycles. The number of nitrogens with one attached hydrogen (secondary N) is 1. The Labute approximate surface area is 134 Å². The molecule has 1 saturated carbocycles. The molecule has 1 aliphatic heterocycles. The Morgan fingerprint density at radius 1 is 1.18 bits per heavy atom. The summed E-state index contributed by atoms with van der Waals surface area (Å²) < 4.78 is 0. The summed E-state index contributed by atoms with van der Waals surface area (Å²) in [6, 6.07) is 11.4. The predicted molar refractivity (Wildman–Crippen MR) is 93.5 cm³/mol. The van der Waals surface area contributed by atoms with Gasteiger partial charge in [0.05, 0.1) is 0 Å². The van der Waals surface area contributed by atoms with Crippen LogP contribution in [0.4, 0.5) is 5.69 Å². The highest BCUT2D eigenvalue weighted by atomic mass is 15.4. The van der Waals surface area contributed by atoms with Gasteiger partial charge in [-0.1, -0.05) is 31.5 Å². The summed E-state index contributed by atoms with van der Waals surface area (Å²) >= 11 is 0. The maximum absolute atomic E-state index is 4.50. The van der Waals surface area contributed by atoms with E-state index in [0.717, 1.165) is 38.1 Å². The van der Waals surface area contributed by atoms with Crippen LogP contribution >= 0.6 is 0 Å². The fourth-order valence-electron chi connectivity index (χ4n) is 3.39. The number of guanidine groups is 1. The molecule has 2 fully saturated rings. The van der Waals surface area contributed by atoms with Crippen molar-refractivity contribution in [1.82, 2.24) is 10.2 Å². The van der Waals surface area contributed by atoms with Crippen LogP contribution in [0.5, 0.6) is 0 Å². The molecule has 120 valence electrons. The second-order valence-electron chi connectivity index (χ2n) is 6.39. The van der Waals surface area contributed by atoms with Crippen LogP contribution in [0.25, 0.3) is 0 Å². The highest BCUT2D eigenvalue weighted by molar-refractivity contribution is 5.80. The summed E-state index contributed by atoms with van der Waals surface area (Å²) in [7, 11) is 1.91. The lowest BCUT2D eigenvalue weighted by Gasteiger charge is -2.37. The van der Waals surface area contributed by atoms with E-state index < -0.39 is 0 Å². The van der Waals surface area contributed by atoms with Crippen LogP contribution < -0.4 is 10.2 Å². The van der Waals surface area contributed by atoms with Gasteiger partial charge >= 0.3 is 0 Å². The number of piperazine rings is 1. The Morgan fingerprint density at radius 2 is 1.91 bits per heavy atom. The normalized spacial score (nSPS) is 25.3. The standard InChI is InChI=1S/C18H28N4/c1-3-7-15-14-17(15)20-18(19-2)22-12-10-21(11-13-22)16-8-5-4-6-9-16/h4-6,8-9,15,17H,3,7,10-14H2,1-2H3,(H,19,20). The molecular formula is C18H28N4. The van der Waals surface area contributed by atoms with Crippen molar-refractivity contribution in [2.24, 2.45) is 10.9 Å². The van der Waals surface area contributed by atoms with Crippen LogP contribution in [-0.4, -0.2) is 50.1 Å². The molecule has 1 heterocycles. The molecule has 1 aromatic rings. The first kappa shape index (κ1) is 15.2. The van der Waals surface area contributed by atoms with Crippen molar-refractivity contribution in [3.05, 3.63) is 30.3 Å². The molecule has 0 radical (unpaired) electrons. The topological polar surface area (TPSA) is 30.9 Å². The van der Waals surface area contributed by atoms with E-state index in [-0.39, 0.29) is 0 Å². The van der Waals surface area contributed by atoms with Crippen molar-refractivity contribution in [1.29, 1.82) is 0 Å². The summed E-state index contributed by atoms with van der Waals surface area (Å²) in [4.78, 5) is 9.36. The Kier molecular flexibility index (Phi) is 4.86. The lowest BCUT2D eigenvalue weighted by atomic mass is 10.2. The van der Waals surface area contributed by atoms with Crippen molar-refractivity contribution in [2.75, 3.05) is 38.1 Å². The molecule has 4 heteroatoms. The second kappa shape index (κ2) is 7.03. The smallest absolute Gasteiger partial charge is 0.193 e. The summed E-state index contributed by atoms with van der Waals surface area (Å²) in [5.41, 5.74) is 1.33. The zero-order chi connectivity index (χ0) is 15.4. The molecule has 4 nitrogen and oxygen atoms in total. The number of anilines is 1. The molecule has 1 N–H and O–H groups in total. The molecule has 22 heavy (non-hydrogen) atoms. The van der Waals surface area contributed by atoms with Crippen molar-refractivity contribution in [3.8, 4) is 0 Å². The minimum atomic E-state index is 0.658. The van der Waals surface area contributed by atoms with Crippen LogP contribution in [0, 0.1) is 5.92 Å². The van der Waals surface area contributed by atoms with E-state index in [1.165, 1.54) is 24.9 Å². The lowest BCUT2D eigenvalue weighted by Crippen LogP contribution is -2.53. The highest BCUT2D eigenvalue weighted by Crippen LogP contribution is 2.34. The van der Waals surface area contributed by atoms with E-state index in [0.29, 0.717) is 6.04 Å². The molecule has 2 aliphatic rings. The third-order valence-electron chi connectivity index (χ3n) is 4.81. The number of para-hydroxylation sites is 1. The average Bonchev–Trinajstić information content (AvgIpc) is 3.32. The van der Waals surface area contributed by atoms with Gasteiger partial charge < -0.3 is 15.1 Å². The third-order valence-corrected chi connectivity index (χ3v) is 4.81. The minimum Gasteiger partial charge on any atom is -0.368 e. The van der Waals surface area contributed by atoms with Gasteiger partial charge in [-0.15, -0.1) is 0 Å². The molecular weight excluding hydrogens is 272 g/mol. The first-order valence-electron chi connectivity index (χ1n) is 8.60. The molecule has 2 unspecified atom stereocenters. The monoisotopic (exact) mass is 300 g/mol. The fraction of sp³-hybridized carbons (Fsp3) is 0.611. The molecule has 1 aliphatic carbocycles. The highest BCUT2D eigenvalue weighted by Gasteiger charge is 2.37. The molecule has 0 spiro atoms. The third kappa shape index (κ3) is 3.54. The Morgan fingerprint density at radius 3 is 2.55 bits per heavy atom. The number of aliphatic imine (C=N–C) groups is 1. The fourth-order valence-corrected chi connectivity index (χ4v) is 3.39. The zero-order valence-corrected chi connectivity index (χ0v) is 13.8. The number of rotatable bonds is 4. The van der Waals surface area contributed by atoms with Crippen molar-refractivity contribution >= 4 is 11.6 Å². The summed E-state index contributed by atoms with van der Waals surface area (Å²) in [5.74, 6) is 1.96. The second-order valence-corrected chi connectivity index (χ2v) is 6.39. The van der Waals surface area contributed by atoms with Crippen molar-refractivity contribution in [2.45, 2.75) is 32.2 Å². The van der Waals surface area contributed by atoms with Crippen LogP contribution in [-0.2, 0) is 0 Å². The van der Waals surface area contributed by atoms with Gasteiger partial charge in [-0.3, -0.25) is 4.99 Å². The summed E-state index contributed by atoms with van der Waals surface area (Å²) in [5, 5.41) is 3.66. The number of nitrogens with zero attached hydrogens (tertiary/aromatic N) is 3. The number of hydrogen-bond acceptors (Lipinski definition) is 2. The number of hydrogen-bond donors (Lipinski definition) is 1. The Hall–Kier alpha value is -1.71. The van der Waals surface area contributed by atoms with Gasteiger partial charge in [0.1, 0.15) is 0 Å². The largest absolute Gasteiger partial charge is 0.368 e. The first-order chi connectivity index (χ1) is 10.8. The SMILES string of the molecule is CCCC1CC1NC(=NC)N1CCN(c2ccccc2)CC1. The summed E-state index contributed by atoms with van der Waals surface area (Å²) in [6.45, 7) is 6.48. The molecule has 0 amide bonds. The first-order valence-corrected chi connectivity index (χ1v) is 8.60. The van der Waals surface area contributed by atoms with E-state index in [2.05, 4.69) is 57.4 Å². The van der Waals surface area contributed by atoms with Gasteiger partial charge in [0.2, 0.25) is 0 Å². The van der Waals surface area contributed by atoms with Gasteiger partial charge in [-0.05, 0) is 30.9 Å². The van der Waals surface area contributed by atoms with Gasteiger partial charge in [0.25, 0.3) is 0 Å². The van der Waals surface area contributed by atoms with Crippen molar-refractivity contribution < 1.29 is 0 Å². The van der Waals surface area contributed by atoms with E-state index in [1.54, 1.807) is 0 Å². The Bertz CT molecular complexity index is 491. The van der Waals surface area contributed by atoms with Crippen LogP contribution in [0.2, 0.25) is 0 Å². The molecule has 2 atom stereocenters. The zero-order valence-electron chi connectivity index (χ0n) is 13.8. The van der Waals surface area contributed by atoms with Crippen molar-refractivity contribution in [3.63, 3.8) is 0 Å². The van der Waals surface area contributed by atoms with Crippen LogP contribution in [0.15, 0.2) is 35.3 Å². The quantitative estimate of drug-likeness (QED) is 0.685. The van der Waals surface area contributed by atoms with E-state index in [9.17, 15) is 0 Å². The van der Waals surface area contributed by atoms with Crippen LogP contribution in [0.1, 0.15) is 26.2 Å². The van der Waals surface area contributed by atoms with Gasteiger partial charge in [0.15, 0.2) is 5.96 Å². The van der Waals surface area contributed by atoms with E-state index >= 15 is 0 Å². The maximum atomic E-state index is 4.50. The van der Waals surface area contributed by atoms with Gasteiger partial charge in [-0.2, -0.15) is 0 Å². The van der Waals surface area contributed by atoms with Gasteiger partial charge in [0, 0.05) is 45.0 Å². The van der Waals surface area contributed by atoms with Crippen LogP contribution in [0.3, 0.4) is 0 Å². The molecule has 3 rings (SSSR count). The predicted octanol–water partition coefficient (Wildman–Crippen LogP) is 2.57. The molecule has 1 saturated heterocycles. The van der Waals surface area contributed by atoms with E-state index in [4.69, 9.17) is 0 Å². The average molecular weight is 300 g/mol. The Balaban J connectivity index is 1.50.